The van der Waals surface area contributed by atoms with Gasteiger partial charge in [-0.15, -0.1) is 0 Å². The number of rotatable bonds is 5. The first-order valence-corrected chi connectivity index (χ1v) is 9.41. The smallest absolute Gasteiger partial charge is 0.325 e. The number of nitrogens with one attached hydrogen (secondary N) is 3. The van der Waals surface area contributed by atoms with Gasteiger partial charge in [0, 0.05) is 5.56 Å². The quantitative estimate of drug-likeness (QED) is 0.516. The van der Waals surface area contributed by atoms with Crippen LogP contribution < -0.4 is 20.9 Å². The minimum Gasteiger partial charge on any atom is -0.494 e. The van der Waals surface area contributed by atoms with Crippen molar-refractivity contribution in [3.8, 4) is 5.75 Å². The number of ether oxygens (including phenoxy) is 1. The van der Waals surface area contributed by atoms with Gasteiger partial charge in [-0.05, 0) is 44.0 Å². The summed E-state index contributed by atoms with van der Waals surface area (Å²) in [5, 5.41) is 2.74. The zero-order valence-electron chi connectivity index (χ0n) is 15.7. The van der Waals surface area contributed by atoms with E-state index in [1.807, 2.05) is 6.92 Å². The Labute approximate surface area is 162 Å². The van der Waals surface area contributed by atoms with Crippen molar-refractivity contribution in [3.05, 3.63) is 29.8 Å². The largest absolute Gasteiger partial charge is 0.494 e. The third-order valence-electron chi connectivity index (χ3n) is 5.00. The van der Waals surface area contributed by atoms with Gasteiger partial charge in [0.05, 0.1) is 6.61 Å². The zero-order chi connectivity index (χ0) is 20.1. The van der Waals surface area contributed by atoms with Gasteiger partial charge in [-0.1, -0.05) is 19.3 Å². The average molecular weight is 388 g/mol. The molecule has 1 aliphatic heterocycles. The number of benzene rings is 1. The van der Waals surface area contributed by atoms with Crippen molar-refractivity contribution in [1.29, 1.82) is 0 Å². The number of hydrogen-bond acceptors (Lipinski definition) is 5. The molecule has 3 N–H and O–H groups in total. The Morgan fingerprint density at radius 2 is 1.79 bits per heavy atom. The molecule has 0 bridgehead atoms. The van der Waals surface area contributed by atoms with Crippen molar-refractivity contribution in [3.63, 3.8) is 0 Å². The number of amides is 5. The summed E-state index contributed by atoms with van der Waals surface area (Å²) in [5.41, 5.74) is 3.97. The normalized spacial score (nSPS) is 18.0. The summed E-state index contributed by atoms with van der Waals surface area (Å²) in [7, 11) is 0. The molecule has 1 aliphatic carbocycles. The Morgan fingerprint density at radius 3 is 2.43 bits per heavy atom. The predicted molar refractivity (Wildman–Crippen MR) is 99.3 cm³/mol. The van der Waals surface area contributed by atoms with Gasteiger partial charge < -0.3 is 10.1 Å². The molecule has 2 aliphatic rings. The van der Waals surface area contributed by atoms with Gasteiger partial charge in [-0.25, -0.2) is 4.79 Å². The van der Waals surface area contributed by atoms with Crippen molar-refractivity contribution in [2.24, 2.45) is 0 Å². The maximum absolute atomic E-state index is 12.6. The molecule has 3 rings (SSSR count). The molecule has 150 valence electrons. The number of urea groups is 1. The van der Waals surface area contributed by atoms with E-state index < -0.39 is 29.9 Å². The molecule has 0 aromatic heterocycles. The number of hydrazine groups is 1. The molecule has 1 aromatic carbocycles. The Kier molecular flexibility index (Phi) is 5.81. The first kappa shape index (κ1) is 19.7. The van der Waals surface area contributed by atoms with Crippen LogP contribution in [0.5, 0.6) is 5.75 Å². The van der Waals surface area contributed by atoms with E-state index in [9.17, 15) is 19.2 Å². The molecule has 9 heteroatoms. The first-order chi connectivity index (χ1) is 13.4. The maximum Gasteiger partial charge on any atom is 0.325 e. The van der Waals surface area contributed by atoms with Gasteiger partial charge in [-0.2, -0.15) is 0 Å². The Bertz CT molecular complexity index is 771. The summed E-state index contributed by atoms with van der Waals surface area (Å²) in [4.78, 5) is 49.9. The molecular weight excluding hydrogens is 364 g/mol. The van der Waals surface area contributed by atoms with Crippen LogP contribution in [-0.2, 0) is 9.59 Å². The minimum absolute atomic E-state index is 0.333. The summed E-state index contributed by atoms with van der Waals surface area (Å²) in [6.45, 7) is 1.93. The molecule has 1 spiro atoms. The summed E-state index contributed by atoms with van der Waals surface area (Å²) in [6.07, 6.45) is 3.94. The molecule has 2 fully saturated rings. The fraction of sp³-hybridized carbons (Fsp3) is 0.474. The van der Waals surface area contributed by atoms with Crippen LogP contribution in [0.2, 0.25) is 0 Å². The molecule has 1 saturated heterocycles. The lowest BCUT2D eigenvalue weighted by Crippen LogP contribution is -2.50. The fourth-order valence-electron chi connectivity index (χ4n) is 3.56. The SMILES string of the molecule is CCOc1ccc(C(=O)NNC(=O)CN2C(=O)NC3(CCCCC3)C2=O)cc1. The molecule has 0 unspecified atom stereocenters. The number of hydrogen-bond donors (Lipinski definition) is 3. The number of carbonyl (C=O) groups excluding carboxylic acids is 4. The van der Waals surface area contributed by atoms with Crippen LogP contribution in [0.3, 0.4) is 0 Å². The van der Waals surface area contributed by atoms with Crippen LogP contribution in [0.1, 0.15) is 49.4 Å². The highest BCUT2D eigenvalue weighted by Gasteiger charge is 2.51. The predicted octanol–water partition coefficient (Wildman–Crippen LogP) is 1.10. The van der Waals surface area contributed by atoms with E-state index in [4.69, 9.17) is 4.74 Å². The van der Waals surface area contributed by atoms with Crippen molar-refractivity contribution < 1.29 is 23.9 Å². The second-order valence-electron chi connectivity index (χ2n) is 6.92. The molecule has 0 atom stereocenters. The van der Waals surface area contributed by atoms with Gasteiger partial charge in [0.15, 0.2) is 0 Å². The monoisotopic (exact) mass is 388 g/mol. The zero-order valence-corrected chi connectivity index (χ0v) is 15.7. The second-order valence-corrected chi connectivity index (χ2v) is 6.92. The van der Waals surface area contributed by atoms with E-state index in [0.717, 1.165) is 24.2 Å². The second kappa shape index (κ2) is 8.28. The Morgan fingerprint density at radius 1 is 1.11 bits per heavy atom. The van der Waals surface area contributed by atoms with Gasteiger partial charge in [0.1, 0.15) is 17.8 Å². The topological polar surface area (TPSA) is 117 Å². The Balaban J connectivity index is 1.52. The van der Waals surface area contributed by atoms with Gasteiger partial charge in [0.2, 0.25) is 0 Å². The highest BCUT2D eigenvalue weighted by Crippen LogP contribution is 2.33. The summed E-state index contributed by atoms with van der Waals surface area (Å²) in [6, 6.07) is 5.86. The minimum atomic E-state index is -0.874. The molecule has 0 radical (unpaired) electrons. The van der Waals surface area contributed by atoms with Crippen LogP contribution in [-0.4, -0.2) is 47.3 Å². The van der Waals surface area contributed by atoms with Crippen LogP contribution in [0, 0.1) is 0 Å². The lowest BCUT2D eigenvalue weighted by Gasteiger charge is -2.30. The highest BCUT2D eigenvalue weighted by atomic mass is 16.5. The van der Waals surface area contributed by atoms with E-state index >= 15 is 0 Å². The van der Waals surface area contributed by atoms with E-state index in [1.165, 1.54) is 0 Å². The van der Waals surface area contributed by atoms with E-state index in [0.29, 0.717) is 30.8 Å². The first-order valence-electron chi connectivity index (χ1n) is 9.41. The van der Waals surface area contributed by atoms with Gasteiger partial charge in [-0.3, -0.25) is 30.1 Å². The molecule has 1 saturated carbocycles. The summed E-state index contributed by atoms with van der Waals surface area (Å²) >= 11 is 0. The third-order valence-corrected chi connectivity index (χ3v) is 5.00. The molecule has 5 amide bonds. The number of imide groups is 1. The van der Waals surface area contributed by atoms with Gasteiger partial charge >= 0.3 is 6.03 Å². The van der Waals surface area contributed by atoms with Crippen LogP contribution in [0.4, 0.5) is 4.79 Å². The number of nitrogens with zero attached hydrogens (tertiary/aromatic N) is 1. The van der Waals surface area contributed by atoms with Crippen LogP contribution in [0.25, 0.3) is 0 Å². The molecule has 1 heterocycles. The lowest BCUT2D eigenvalue weighted by atomic mass is 9.82. The number of carbonyl (C=O) groups is 4. The molecular formula is C19H24N4O5. The molecule has 9 nitrogen and oxygen atoms in total. The van der Waals surface area contributed by atoms with E-state index in [-0.39, 0.29) is 5.91 Å². The van der Waals surface area contributed by atoms with Gasteiger partial charge in [0.25, 0.3) is 17.7 Å². The van der Waals surface area contributed by atoms with E-state index in [1.54, 1.807) is 24.3 Å². The van der Waals surface area contributed by atoms with Crippen molar-refractivity contribution in [2.75, 3.05) is 13.2 Å². The van der Waals surface area contributed by atoms with Crippen molar-refractivity contribution in [1.82, 2.24) is 21.1 Å². The Hall–Kier alpha value is -3.10. The lowest BCUT2D eigenvalue weighted by molar-refractivity contribution is -0.136. The highest BCUT2D eigenvalue weighted by molar-refractivity contribution is 6.09. The molecule has 1 aromatic rings. The van der Waals surface area contributed by atoms with E-state index in [2.05, 4.69) is 16.2 Å². The fourth-order valence-corrected chi connectivity index (χ4v) is 3.56. The standard InChI is InChI=1S/C19H24N4O5/c1-2-28-14-8-6-13(7-9-14)16(25)22-21-15(24)12-23-17(26)19(20-18(23)27)10-4-3-5-11-19/h6-9H,2-5,10-12H2,1H3,(H,20,27)(H,21,24)(H,22,25). The van der Waals surface area contributed by atoms with Crippen molar-refractivity contribution >= 4 is 23.8 Å². The maximum atomic E-state index is 12.6. The summed E-state index contributed by atoms with van der Waals surface area (Å²) in [5.74, 6) is -0.906. The average Bonchev–Trinajstić information content (AvgIpc) is 2.91. The third kappa shape index (κ3) is 4.08. The van der Waals surface area contributed by atoms with Crippen molar-refractivity contribution in [2.45, 2.75) is 44.6 Å². The van der Waals surface area contributed by atoms with Crippen LogP contribution in [0.15, 0.2) is 24.3 Å². The summed E-state index contributed by atoms with van der Waals surface area (Å²) < 4.78 is 5.30. The van der Waals surface area contributed by atoms with Crippen LogP contribution >= 0.6 is 0 Å². The molecule has 28 heavy (non-hydrogen) atoms.